The standard InChI is InChI=1S/C22H33N5O2/c1-16-11-13-26(14-12-16)21(17-9-10-19(28-2)20(15-17)29-3)22-23-24-25-27(22)18-7-5-4-6-8-18/h9-10,15-16,18,21H,4-8,11-14H2,1-3H3/t21-/m0/s1. The Morgan fingerprint density at radius 1 is 0.966 bits per heavy atom. The molecule has 0 N–H and O–H groups in total. The molecule has 1 aliphatic carbocycles. The molecule has 0 bridgehead atoms. The summed E-state index contributed by atoms with van der Waals surface area (Å²) in [6.45, 7) is 4.45. The fraction of sp³-hybridized carbons (Fsp3) is 0.682. The Labute approximate surface area is 173 Å². The third-order valence-electron chi connectivity index (χ3n) is 6.59. The van der Waals surface area contributed by atoms with Crippen LogP contribution in [0.5, 0.6) is 11.5 Å². The van der Waals surface area contributed by atoms with Gasteiger partial charge in [-0.2, -0.15) is 0 Å². The van der Waals surface area contributed by atoms with Crippen LogP contribution in [0.4, 0.5) is 0 Å². The van der Waals surface area contributed by atoms with E-state index in [1.807, 2.05) is 6.07 Å². The molecular weight excluding hydrogens is 366 g/mol. The van der Waals surface area contributed by atoms with Crippen molar-refractivity contribution in [3.8, 4) is 11.5 Å². The Hall–Kier alpha value is -2.15. The maximum atomic E-state index is 5.59. The van der Waals surface area contributed by atoms with E-state index < -0.39 is 0 Å². The molecule has 2 aromatic rings. The van der Waals surface area contributed by atoms with Gasteiger partial charge in [0.15, 0.2) is 17.3 Å². The zero-order valence-electron chi connectivity index (χ0n) is 17.9. The van der Waals surface area contributed by atoms with Gasteiger partial charge in [-0.3, -0.25) is 4.90 Å². The van der Waals surface area contributed by atoms with Crippen LogP contribution in [-0.4, -0.2) is 52.4 Å². The molecule has 1 atom stereocenters. The molecule has 1 saturated carbocycles. The van der Waals surface area contributed by atoms with E-state index in [4.69, 9.17) is 9.47 Å². The minimum Gasteiger partial charge on any atom is -0.493 e. The number of benzene rings is 1. The van der Waals surface area contributed by atoms with Crippen LogP contribution in [0.3, 0.4) is 0 Å². The van der Waals surface area contributed by atoms with Gasteiger partial charge in [0.25, 0.3) is 0 Å². The van der Waals surface area contributed by atoms with Gasteiger partial charge in [0, 0.05) is 0 Å². The van der Waals surface area contributed by atoms with Crippen LogP contribution in [-0.2, 0) is 0 Å². The third-order valence-corrected chi connectivity index (χ3v) is 6.59. The first kappa shape index (κ1) is 20.1. The largest absolute Gasteiger partial charge is 0.493 e. The summed E-state index contributed by atoms with van der Waals surface area (Å²) in [6.07, 6.45) is 8.56. The molecule has 1 aliphatic heterocycles. The molecule has 0 unspecified atom stereocenters. The van der Waals surface area contributed by atoms with E-state index in [0.29, 0.717) is 6.04 Å². The second kappa shape index (κ2) is 9.11. The number of piperidine rings is 1. The molecule has 29 heavy (non-hydrogen) atoms. The molecule has 0 radical (unpaired) electrons. The lowest BCUT2D eigenvalue weighted by Crippen LogP contribution is -2.38. The number of methoxy groups -OCH3 is 2. The predicted molar refractivity (Wildman–Crippen MR) is 111 cm³/mol. The third kappa shape index (κ3) is 4.25. The van der Waals surface area contributed by atoms with Crippen molar-refractivity contribution in [3.05, 3.63) is 29.6 Å². The van der Waals surface area contributed by atoms with E-state index in [-0.39, 0.29) is 6.04 Å². The molecule has 2 fully saturated rings. The van der Waals surface area contributed by atoms with E-state index in [9.17, 15) is 0 Å². The average Bonchev–Trinajstić information content (AvgIpc) is 3.25. The molecule has 2 aliphatic rings. The summed E-state index contributed by atoms with van der Waals surface area (Å²) >= 11 is 0. The van der Waals surface area contributed by atoms with Gasteiger partial charge in [0.1, 0.15) is 0 Å². The number of likely N-dealkylation sites (tertiary alicyclic amines) is 1. The number of hydrogen-bond donors (Lipinski definition) is 0. The van der Waals surface area contributed by atoms with Crippen molar-refractivity contribution in [1.82, 2.24) is 25.1 Å². The minimum atomic E-state index is 0.0271. The lowest BCUT2D eigenvalue weighted by atomic mass is 9.93. The zero-order valence-corrected chi connectivity index (χ0v) is 17.9. The molecule has 0 spiro atoms. The fourth-order valence-corrected chi connectivity index (χ4v) is 4.80. The molecule has 7 nitrogen and oxygen atoms in total. The van der Waals surface area contributed by atoms with Crippen molar-refractivity contribution >= 4 is 0 Å². The second-order valence-electron chi connectivity index (χ2n) is 8.51. The molecule has 7 heteroatoms. The van der Waals surface area contributed by atoms with Gasteiger partial charge >= 0.3 is 0 Å². The minimum absolute atomic E-state index is 0.0271. The fourth-order valence-electron chi connectivity index (χ4n) is 4.80. The smallest absolute Gasteiger partial charge is 0.173 e. The van der Waals surface area contributed by atoms with Gasteiger partial charge in [-0.25, -0.2) is 4.68 Å². The molecule has 4 rings (SSSR count). The first-order valence-corrected chi connectivity index (χ1v) is 10.9. The van der Waals surface area contributed by atoms with Gasteiger partial charge in [0.2, 0.25) is 0 Å². The monoisotopic (exact) mass is 399 g/mol. The highest BCUT2D eigenvalue weighted by molar-refractivity contribution is 5.45. The average molecular weight is 400 g/mol. The van der Waals surface area contributed by atoms with Gasteiger partial charge < -0.3 is 9.47 Å². The van der Waals surface area contributed by atoms with Crippen LogP contribution in [0.2, 0.25) is 0 Å². The molecule has 158 valence electrons. The molecule has 2 heterocycles. The maximum Gasteiger partial charge on any atom is 0.173 e. The van der Waals surface area contributed by atoms with Gasteiger partial charge in [-0.1, -0.05) is 32.3 Å². The topological polar surface area (TPSA) is 65.3 Å². The molecule has 1 aromatic heterocycles. The van der Waals surface area contributed by atoms with E-state index in [1.54, 1.807) is 14.2 Å². The van der Waals surface area contributed by atoms with E-state index in [1.165, 1.54) is 32.1 Å². The summed E-state index contributed by atoms with van der Waals surface area (Å²) < 4.78 is 13.2. The van der Waals surface area contributed by atoms with E-state index in [2.05, 4.69) is 44.2 Å². The summed E-state index contributed by atoms with van der Waals surface area (Å²) in [7, 11) is 3.36. The normalized spacial score (nSPS) is 20.5. The summed E-state index contributed by atoms with van der Waals surface area (Å²) in [5.74, 6) is 3.22. The Morgan fingerprint density at radius 2 is 1.69 bits per heavy atom. The highest BCUT2D eigenvalue weighted by atomic mass is 16.5. The predicted octanol–water partition coefficient (Wildman–Crippen LogP) is 4.02. The Morgan fingerprint density at radius 3 is 2.38 bits per heavy atom. The number of nitrogens with zero attached hydrogens (tertiary/aromatic N) is 5. The second-order valence-corrected chi connectivity index (χ2v) is 8.51. The Balaban J connectivity index is 1.73. The van der Waals surface area contributed by atoms with Gasteiger partial charge in [0.05, 0.1) is 26.3 Å². The van der Waals surface area contributed by atoms with Crippen LogP contribution >= 0.6 is 0 Å². The van der Waals surface area contributed by atoms with Gasteiger partial charge in [-0.05, 0) is 72.8 Å². The maximum absolute atomic E-state index is 5.59. The molecular formula is C22H33N5O2. The van der Waals surface area contributed by atoms with Crippen LogP contribution in [0.15, 0.2) is 18.2 Å². The van der Waals surface area contributed by atoms with Crippen LogP contribution in [0.25, 0.3) is 0 Å². The molecule has 0 amide bonds. The first-order chi connectivity index (χ1) is 14.2. The molecule has 1 saturated heterocycles. The number of rotatable bonds is 6. The summed E-state index contributed by atoms with van der Waals surface area (Å²) in [4.78, 5) is 2.53. The molecule has 1 aromatic carbocycles. The summed E-state index contributed by atoms with van der Waals surface area (Å²) in [5.41, 5.74) is 1.16. The quantitative estimate of drug-likeness (QED) is 0.731. The summed E-state index contributed by atoms with van der Waals surface area (Å²) in [6, 6.07) is 6.63. The highest BCUT2D eigenvalue weighted by Crippen LogP contribution is 2.38. The number of aromatic nitrogens is 4. The van der Waals surface area contributed by atoms with E-state index in [0.717, 1.165) is 54.7 Å². The SMILES string of the molecule is COc1ccc([C@@H](c2nnnn2C2CCCCC2)N2CCC(C)CC2)cc1OC. The lowest BCUT2D eigenvalue weighted by molar-refractivity contribution is 0.146. The first-order valence-electron chi connectivity index (χ1n) is 10.9. The van der Waals surface area contributed by atoms with E-state index >= 15 is 0 Å². The zero-order chi connectivity index (χ0) is 20.2. The summed E-state index contributed by atoms with van der Waals surface area (Å²) in [5, 5.41) is 13.1. The van der Waals surface area contributed by atoms with Crippen molar-refractivity contribution in [2.75, 3.05) is 27.3 Å². The van der Waals surface area contributed by atoms with Crippen LogP contribution in [0.1, 0.15) is 75.3 Å². The number of hydrogen-bond acceptors (Lipinski definition) is 6. The Bertz CT molecular complexity index is 794. The van der Waals surface area contributed by atoms with Gasteiger partial charge in [-0.15, -0.1) is 5.10 Å². The van der Waals surface area contributed by atoms with Crippen molar-refractivity contribution in [1.29, 1.82) is 0 Å². The Kier molecular flexibility index (Phi) is 6.33. The van der Waals surface area contributed by atoms with Crippen molar-refractivity contribution < 1.29 is 9.47 Å². The lowest BCUT2D eigenvalue weighted by Gasteiger charge is -2.37. The highest BCUT2D eigenvalue weighted by Gasteiger charge is 2.33. The van der Waals surface area contributed by atoms with Crippen molar-refractivity contribution in [3.63, 3.8) is 0 Å². The number of tetrazole rings is 1. The number of ether oxygens (including phenoxy) is 2. The van der Waals surface area contributed by atoms with Crippen molar-refractivity contribution in [2.24, 2.45) is 5.92 Å². The van der Waals surface area contributed by atoms with Crippen LogP contribution < -0.4 is 9.47 Å². The van der Waals surface area contributed by atoms with Crippen LogP contribution in [0, 0.1) is 5.92 Å². The van der Waals surface area contributed by atoms with Crippen molar-refractivity contribution in [2.45, 2.75) is 64.0 Å².